The summed E-state index contributed by atoms with van der Waals surface area (Å²) in [6.07, 6.45) is 3.47. The Kier molecular flexibility index (Phi) is 9.55. The van der Waals surface area contributed by atoms with Crippen molar-refractivity contribution >= 4 is 51.8 Å². The topological polar surface area (TPSA) is 17.1 Å². The van der Waals surface area contributed by atoms with E-state index in [0.29, 0.717) is 9.47 Å². The number of hydrogen-bond acceptors (Lipinski definition) is 1. The molecule has 0 N–H and O–H groups in total. The summed E-state index contributed by atoms with van der Waals surface area (Å²) in [6.45, 7) is 4.06. The fraction of sp³-hybridized carbons (Fsp3) is 0.118. The van der Waals surface area contributed by atoms with E-state index in [-0.39, 0.29) is 5.78 Å². The minimum atomic E-state index is 0.0376. The van der Waals surface area contributed by atoms with Gasteiger partial charge >= 0.3 is 49.4 Å². The van der Waals surface area contributed by atoms with Gasteiger partial charge in [-0.2, -0.15) is 0 Å². The van der Waals surface area contributed by atoms with E-state index in [9.17, 15) is 4.79 Å². The summed E-state index contributed by atoms with van der Waals surface area (Å²) in [4.78, 5) is 11.9. The Hall–Kier alpha value is -0.106. The molecule has 4 heteroatoms. The SMILES string of the molecule is Cc1ccc(/C=C/C(=O)c2ccc(C)cc2)cc1.[I][V][I]. The summed E-state index contributed by atoms with van der Waals surface area (Å²) in [6, 6.07) is 15.7. The van der Waals surface area contributed by atoms with Gasteiger partial charge in [0.25, 0.3) is 0 Å². The Labute approximate surface area is 155 Å². The summed E-state index contributed by atoms with van der Waals surface area (Å²) in [7, 11) is 0.628. The van der Waals surface area contributed by atoms with Crippen LogP contribution < -0.4 is 0 Å². The quantitative estimate of drug-likeness (QED) is 0.266. The molecule has 0 aliphatic carbocycles. The van der Waals surface area contributed by atoms with Crippen LogP contribution in [0.1, 0.15) is 27.0 Å². The summed E-state index contributed by atoms with van der Waals surface area (Å²) in [5, 5.41) is 0. The number of halogens is 2. The maximum absolute atomic E-state index is 11.9. The van der Waals surface area contributed by atoms with Gasteiger partial charge in [-0.1, -0.05) is 65.7 Å². The van der Waals surface area contributed by atoms with Gasteiger partial charge in [0.05, 0.1) is 0 Å². The van der Waals surface area contributed by atoms with Crippen LogP contribution >= 0.6 is 40.0 Å². The maximum atomic E-state index is 11.9. The van der Waals surface area contributed by atoms with Crippen molar-refractivity contribution < 1.29 is 14.3 Å². The molecule has 0 aliphatic rings. The number of allylic oxidation sites excluding steroid dienone is 1. The molecule has 0 saturated heterocycles. The molecule has 0 atom stereocenters. The molecular formula is C17H16I2OV. The van der Waals surface area contributed by atoms with Crippen LogP contribution in [-0.4, -0.2) is 5.78 Å². The van der Waals surface area contributed by atoms with Crippen molar-refractivity contribution in [2.24, 2.45) is 0 Å². The monoisotopic (exact) mass is 541 g/mol. The predicted molar refractivity (Wildman–Crippen MR) is 104 cm³/mol. The van der Waals surface area contributed by atoms with E-state index in [0.717, 1.165) is 16.7 Å². The van der Waals surface area contributed by atoms with Gasteiger partial charge in [0.15, 0.2) is 5.78 Å². The molecule has 109 valence electrons. The molecule has 0 spiro atoms. The number of hydrogen-bond donors (Lipinski definition) is 0. The first-order valence-electron chi connectivity index (χ1n) is 6.35. The van der Waals surface area contributed by atoms with Crippen LogP contribution in [0, 0.1) is 13.8 Å². The van der Waals surface area contributed by atoms with E-state index >= 15 is 0 Å². The molecule has 2 aromatic carbocycles. The van der Waals surface area contributed by atoms with Crippen LogP contribution in [0.15, 0.2) is 54.6 Å². The Bertz CT molecular complexity index is 589. The van der Waals surface area contributed by atoms with Gasteiger partial charge in [0.2, 0.25) is 0 Å². The van der Waals surface area contributed by atoms with Crippen molar-refractivity contribution in [1.29, 1.82) is 0 Å². The molecule has 0 aromatic heterocycles. The van der Waals surface area contributed by atoms with Crippen LogP contribution in [0.25, 0.3) is 6.08 Å². The van der Waals surface area contributed by atoms with E-state index in [2.05, 4.69) is 40.0 Å². The Morgan fingerprint density at radius 3 is 1.81 bits per heavy atom. The standard InChI is InChI=1S/C17H16O.2HI.V/c1-13-3-7-15(8-4-13)9-12-17(18)16-10-5-14(2)6-11-16;;;/h3-12H,1-2H3;2*1H;/q;;;+2/p-2/b12-9+;;;. The van der Waals surface area contributed by atoms with E-state index < -0.39 is 0 Å². The van der Waals surface area contributed by atoms with Crippen molar-refractivity contribution in [2.75, 3.05) is 0 Å². The molecular weight excluding hydrogens is 525 g/mol. The van der Waals surface area contributed by atoms with Crippen LogP contribution in [0.5, 0.6) is 0 Å². The van der Waals surface area contributed by atoms with Crippen LogP contribution in [0.2, 0.25) is 0 Å². The van der Waals surface area contributed by atoms with Crippen LogP contribution in [-0.2, 0) is 9.47 Å². The van der Waals surface area contributed by atoms with Gasteiger partial charge in [-0.05, 0) is 25.5 Å². The molecule has 0 bridgehead atoms. The zero-order valence-electron chi connectivity index (χ0n) is 11.9. The second kappa shape index (κ2) is 10.6. The first-order chi connectivity index (χ1) is 10.1. The Balaban J connectivity index is 0.000000677. The Morgan fingerprint density at radius 1 is 0.905 bits per heavy atom. The second-order valence-corrected chi connectivity index (χ2v) is 16.3. The predicted octanol–water partition coefficient (Wildman–Crippen LogP) is 5.97. The van der Waals surface area contributed by atoms with Crippen molar-refractivity contribution in [1.82, 2.24) is 0 Å². The molecule has 21 heavy (non-hydrogen) atoms. The fourth-order valence-electron chi connectivity index (χ4n) is 1.66. The molecule has 1 nitrogen and oxygen atoms in total. The van der Waals surface area contributed by atoms with E-state index in [4.69, 9.17) is 0 Å². The number of rotatable bonds is 3. The number of aryl methyl sites for hydroxylation is 2. The third-order valence-corrected chi connectivity index (χ3v) is 2.84. The second-order valence-electron chi connectivity index (χ2n) is 4.54. The summed E-state index contributed by atoms with van der Waals surface area (Å²) >= 11 is 4.74. The molecule has 0 heterocycles. The van der Waals surface area contributed by atoms with Crippen LogP contribution in [0.3, 0.4) is 0 Å². The molecule has 0 aliphatic heterocycles. The van der Waals surface area contributed by atoms with Gasteiger partial charge in [-0.15, -0.1) is 0 Å². The van der Waals surface area contributed by atoms with Gasteiger partial charge < -0.3 is 0 Å². The molecule has 0 unspecified atom stereocenters. The van der Waals surface area contributed by atoms with E-state index in [1.54, 1.807) is 6.08 Å². The number of carbonyl (C=O) groups excluding carboxylic acids is 1. The summed E-state index contributed by atoms with van der Waals surface area (Å²) < 4.78 is 0. The summed E-state index contributed by atoms with van der Waals surface area (Å²) in [5.41, 5.74) is 4.15. The molecule has 2 aromatic rings. The summed E-state index contributed by atoms with van der Waals surface area (Å²) in [5.74, 6) is 0.0376. The van der Waals surface area contributed by atoms with Crippen molar-refractivity contribution in [2.45, 2.75) is 13.8 Å². The molecule has 0 radical (unpaired) electrons. The van der Waals surface area contributed by atoms with E-state index in [1.807, 2.05) is 68.5 Å². The number of carbonyl (C=O) groups is 1. The molecule has 0 fully saturated rings. The van der Waals surface area contributed by atoms with Gasteiger partial charge in [0, 0.05) is 5.56 Å². The Morgan fingerprint density at radius 2 is 1.33 bits per heavy atom. The normalized spacial score (nSPS) is 9.90. The zero-order chi connectivity index (χ0) is 15.7. The molecule has 0 amide bonds. The first-order valence-corrected chi connectivity index (χ1v) is 15.4. The zero-order valence-corrected chi connectivity index (χ0v) is 17.6. The van der Waals surface area contributed by atoms with Gasteiger partial charge in [-0.25, -0.2) is 0 Å². The first kappa shape index (κ1) is 18.9. The minimum absolute atomic E-state index is 0.0376. The molecule has 2 rings (SSSR count). The average Bonchev–Trinajstić information content (AvgIpc) is 2.48. The van der Waals surface area contributed by atoms with Crippen LogP contribution in [0.4, 0.5) is 0 Å². The van der Waals surface area contributed by atoms with E-state index in [1.165, 1.54) is 5.56 Å². The third kappa shape index (κ3) is 7.63. The molecule has 0 saturated carbocycles. The third-order valence-electron chi connectivity index (χ3n) is 2.84. The van der Waals surface area contributed by atoms with Crippen molar-refractivity contribution in [3.8, 4) is 0 Å². The average molecular weight is 541 g/mol. The fourth-order valence-corrected chi connectivity index (χ4v) is 1.66. The van der Waals surface area contributed by atoms with Crippen molar-refractivity contribution in [3.63, 3.8) is 0 Å². The number of ketones is 1. The van der Waals surface area contributed by atoms with Crippen molar-refractivity contribution in [3.05, 3.63) is 76.9 Å². The van der Waals surface area contributed by atoms with Gasteiger partial charge in [0.1, 0.15) is 0 Å². The van der Waals surface area contributed by atoms with Gasteiger partial charge in [-0.3, -0.25) is 4.79 Å². The number of benzene rings is 2.